The van der Waals surface area contributed by atoms with Gasteiger partial charge in [0.25, 0.3) is 0 Å². The van der Waals surface area contributed by atoms with Gasteiger partial charge in [-0.1, -0.05) is 18.2 Å². The van der Waals surface area contributed by atoms with E-state index in [1.165, 1.54) is 6.33 Å². The van der Waals surface area contributed by atoms with E-state index in [0.29, 0.717) is 0 Å². The summed E-state index contributed by atoms with van der Waals surface area (Å²) in [6, 6.07) is 9.17. The summed E-state index contributed by atoms with van der Waals surface area (Å²) >= 11 is 0. The Labute approximate surface area is 94.1 Å². The van der Waals surface area contributed by atoms with Crippen molar-refractivity contribution in [2.45, 2.75) is 6.04 Å². The van der Waals surface area contributed by atoms with E-state index in [1.807, 2.05) is 24.3 Å². The number of nitrogens with two attached hydrogens (primary N) is 1. The molecule has 0 aliphatic rings. The monoisotopic (exact) mass is 215 g/mol. The van der Waals surface area contributed by atoms with Gasteiger partial charge >= 0.3 is 0 Å². The number of hydrogen-bond donors (Lipinski definition) is 1. The van der Waals surface area contributed by atoms with Crippen molar-refractivity contribution in [2.24, 2.45) is 5.73 Å². The van der Waals surface area contributed by atoms with E-state index in [-0.39, 0.29) is 6.04 Å². The third-order valence-electron chi connectivity index (χ3n) is 2.40. The van der Waals surface area contributed by atoms with Crippen molar-refractivity contribution < 1.29 is 4.74 Å². The quantitative estimate of drug-likeness (QED) is 0.843. The second-order valence-corrected chi connectivity index (χ2v) is 3.35. The Morgan fingerprint density at radius 1 is 1.25 bits per heavy atom. The zero-order valence-corrected chi connectivity index (χ0v) is 9.00. The van der Waals surface area contributed by atoms with Crippen molar-refractivity contribution >= 4 is 0 Å². The number of benzene rings is 1. The molecule has 0 aliphatic heterocycles. The predicted molar refractivity (Wildman–Crippen MR) is 61.1 cm³/mol. The molecule has 0 aliphatic carbocycles. The van der Waals surface area contributed by atoms with E-state index < -0.39 is 0 Å². The first-order valence-electron chi connectivity index (χ1n) is 4.97. The molecule has 0 saturated heterocycles. The van der Waals surface area contributed by atoms with Gasteiger partial charge in [0.2, 0.25) is 0 Å². The molecular formula is C12H13N3O. The maximum atomic E-state index is 6.12. The van der Waals surface area contributed by atoms with Crippen LogP contribution in [-0.4, -0.2) is 17.1 Å². The second kappa shape index (κ2) is 4.72. The summed E-state index contributed by atoms with van der Waals surface area (Å²) in [7, 11) is 1.63. The molecule has 16 heavy (non-hydrogen) atoms. The lowest BCUT2D eigenvalue weighted by molar-refractivity contribution is 0.407. The SMILES string of the molecule is COc1ccccc1C(N)c1ccncn1. The van der Waals surface area contributed by atoms with Crippen molar-refractivity contribution in [3.05, 3.63) is 54.1 Å². The lowest BCUT2D eigenvalue weighted by Crippen LogP contribution is -2.14. The maximum absolute atomic E-state index is 6.12. The molecule has 1 aromatic carbocycles. The van der Waals surface area contributed by atoms with E-state index in [0.717, 1.165) is 17.0 Å². The summed E-state index contributed by atoms with van der Waals surface area (Å²) in [5.74, 6) is 0.772. The molecule has 2 N–H and O–H groups in total. The average Bonchev–Trinajstić information content (AvgIpc) is 2.39. The first-order chi connectivity index (χ1) is 7.83. The summed E-state index contributed by atoms with van der Waals surface area (Å²) in [6.07, 6.45) is 3.17. The van der Waals surface area contributed by atoms with E-state index in [1.54, 1.807) is 19.4 Å². The van der Waals surface area contributed by atoms with E-state index >= 15 is 0 Å². The Balaban J connectivity index is 2.37. The fourth-order valence-corrected chi connectivity index (χ4v) is 1.57. The average molecular weight is 215 g/mol. The normalized spacial score (nSPS) is 12.1. The van der Waals surface area contributed by atoms with Gasteiger partial charge in [-0.05, 0) is 12.1 Å². The summed E-state index contributed by atoms with van der Waals surface area (Å²) in [5, 5.41) is 0. The molecule has 82 valence electrons. The maximum Gasteiger partial charge on any atom is 0.124 e. The number of ether oxygens (including phenoxy) is 1. The van der Waals surface area contributed by atoms with Crippen LogP contribution in [-0.2, 0) is 0 Å². The molecule has 0 bridgehead atoms. The van der Waals surface area contributed by atoms with Crippen molar-refractivity contribution in [1.29, 1.82) is 0 Å². The number of nitrogens with zero attached hydrogens (tertiary/aromatic N) is 2. The molecule has 1 aromatic heterocycles. The molecule has 2 rings (SSSR count). The number of rotatable bonds is 3. The lowest BCUT2D eigenvalue weighted by atomic mass is 10.0. The van der Waals surface area contributed by atoms with Crippen molar-refractivity contribution in [3.8, 4) is 5.75 Å². The molecule has 4 heteroatoms. The van der Waals surface area contributed by atoms with Crippen LogP contribution < -0.4 is 10.5 Å². The molecule has 4 nitrogen and oxygen atoms in total. The number of methoxy groups -OCH3 is 1. The number of aromatic nitrogens is 2. The van der Waals surface area contributed by atoms with Crippen LogP contribution in [0.25, 0.3) is 0 Å². The predicted octanol–water partition coefficient (Wildman–Crippen LogP) is 1.53. The summed E-state index contributed by atoms with van der Waals surface area (Å²) in [5.41, 5.74) is 7.82. The smallest absolute Gasteiger partial charge is 0.124 e. The van der Waals surface area contributed by atoms with Gasteiger partial charge in [-0.3, -0.25) is 0 Å². The van der Waals surface area contributed by atoms with Gasteiger partial charge in [-0.15, -0.1) is 0 Å². The zero-order chi connectivity index (χ0) is 11.4. The molecule has 0 spiro atoms. The Kier molecular flexibility index (Phi) is 3.12. The van der Waals surface area contributed by atoms with E-state index in [2.05, 4.69) is 9.97 Å². The van der Waals surface area contributed by atoms with Crippen LogP contribution in [0.5, 0.6) is 5.75 Å². The highest BCUT2D eigenvalue weighted by atomic mass is 16.5. The van der Waals surface area contributed by atoms with Gasteiger partial charge in [0.05, 0.1) is 18.8 Å². The highest BCUT2D eigenvalue weighted by molar-refractivity contribution is 5.39. The largest absolute Gasteiger partial charge is 0.496 e. The molecule has 0 fully saturated rings. The molecule has 1 heterocycles. The Bertz CT molecular complexity index is 459. The topological polar surface area (TPSA) is 61.0 Å². The van der Waals surface area contributed by atoms with Crippen LogP contribution in [0.2, 0.25) is 0 Å². The van der Waals surface area contributed by atoms with Gasteiger partial charge < -0.3 is 10.5 Å². The van der Waals surface area contributed by atoms with Crippen LogP contribution in [0.1, 0.15) is 17.3 Å². The molecule has 1 unspecified atom stereocenters. The first-order valence-corrected chi connectivity index (χ1v) is 4.97. The van der Waals surface area contributed by atoms with E-state index in [4.69, 9.17) is 10.5 Å². The third-order valence-corrected chi connectivity index (χ3v) is 2.40. The zero-order valence-electron chi connectivity index (χ0n) is 9.00. The van der Waals surface area contributed by atoms with Crippen molar-refractivity contribution in [1.82, 2.24) is 9.97 Å². The minimum atomic E-state index is -0.292. The fraction of sp³-hybridized carbons (Fsp3) is 0.167. The molecule has 0 saturated carbocycles. The van der Waals surface area contributed by atoms with Crippen LogP contribution in [0.3, 0.4) is 0 Å². The van der Waals surface area contributed by atoms with Crippen LogP contribution in [0, 0.1) is 0 Å². The summed E-state index contributed by atoms with van der Waals surface area (Å²) in [4.78, 5) is 8.00. The molecular weight excluding hydrogens is 202 g/mol. The minimum Gasteiger partial charge on any atom is -0.496 e. The minimum absolute atomic E-state index is 0.292. The van der Waals surface area contributed by atoms with Gasteiger partial charge in [-0.25, -0.2) is 9.97 Å². The Morgan fingerprint density at radius 2 is 2.06 bits per heavy atom. The number of para-hydroxylation sites is 1. The molecule has 1 atom stereocenters. The van der Waals surface area contributed by atoms with Crippen LogP contribution in [0.15, 0.2) is 42.9 Å². The highest BCUT2D eigenvalue weighted by Crippen LogP contribution is 2.26. The Hall–Kier alpha value is -1.94. The van der Waals surface area contributed by atoms with Crippen molar-refractivity contribution in [3.63, 3.8) is 0 Å². The summed E-state index contributed by atoms with van der Waals surface area (Å²) < 4.78 is 5.26. The second-order valence-electron chi connectivity index (χ2n) is 3.35. The molecule has 2 aromatic rings. The van der Waals surface area contributed by atoms with Crippen LogP contribution >= 0.6 is 0 Å². The lowest BCUT2D eigenvalue weighted by Gasteiger charge is -2.14. The number of hydrogen-bond acceptors (Lipinski definition) is 4. The van der Waals surface area contributed by atoms with E-state index in [9.17, 15) is 0 Å². The summed E-state index contributed by atoms with van der Waals surface area (Å²) in [6.45, 7) is 0. The van der Waals surface area contributed by atoms with Gasteiger partial charge in [0.15, 0.2) is 0 Å². The standard InChI is InChI=1S/C12H13N3O/c1-16-11-5-3-2-4-9(11)12(13)10-6-7-14-8-15-10/h2-8,12H,13H2,1H3. The third kappa shape index (κ3) is 2.01. The molecule has 0 radical (unpaired) electrons. The van der Waals surface area contributed by atoms with Gasteiger partial charge in [0, 0.05) is 11.8 Å². The molecule has 0 amide bonds. The highest BCUT2D eigenvalue weighted by Gasteiger charge is 2.13. The van der Waals surface area contributed by atoms with Gasteiger partial charge in [-0.2, -0.15) is 0 Å². The van der Waals surface area contributed by atoms with Crippen molar-refractivity contribution in [2.75, 3.05) is 7.11 Å². The first kappa shape index (κ1) is 10.6. The Morgan fingerprint density at radius 3 is 2.75 bits per heavy atom. The fourth-order valence-electron chi connectivity index (χ4n) is 1.57. The van der Waals surface area contributed by atoms with Gasteiger partial charge in [0.1, 0.15) is 12.1 Å². The van der Waals surface area contributed by atoms with Crippen LogP contribution in [0.4, 0.5) is 0 Å².